The number of carbonyl (C=O) groups excluding carboxylic acids is 1. The number of hydrogen-bond acceptors (Lipinski definition) is 4. The smallest absolute Gasteiger partial charge is 0.231 e. The van der Waals surface area contributed by atoms with Crippen molar-refractivity contribution in [1.82, 2.24) is 9.80 Å². The number of rotatable bonds is 5. The zero-order valence-corrected chi connectivity index (χ0v) is 12.0. The standard InChI is InChI=1S/C15H22FN3O2/c16-13-3-1-12(2-4-13)14(11-17)15(21)19-7-5-18(6-8-19)9-10-20/h1-4,14,20H,5-11,17H2. The molecule has 1 unspecified atom stereocenters. The predicted octanol–water partition coefficient (Wildman–Crippen LogP) is 0.00450. The predicted molar refractivity (Wildman–Crippen MR) is 78.3 cm³/mol. The number of benzene rings is 1. The van der Waals surface area contributed by atoms with Gasteiger partial charge in [-0.1, -0.05) is 12.1 Å². The Morgan fingerprint density at radius 1 is 1.24 bits per heavy atom. The molecule has 0 aromatic heterocycles. The number of carbonyl (C=O) groups is 1. The van der Waals surface area contributed by atoms with Crippen molar-refractivity contribution < 1.29 is 14.3 Å². The van der Waals surface area contributed by atoms with Crippen molar-refractivity contribution >= 4 is 5.91 Å². The summed E-state index contributed by atoms with van der Waals surface area (Å²) < 4.78 is 13.0. The van der Waals surface area contributed by atoms with Crippen LogP contribution >= 0.6 is 0 Å². The van der Waals surface area contributed by atoms with E-state index in [4.69, 9.17) is 10.8 Å². The lowest BCUT2D eigenvalue weighted by atomic mass is 9.97. The molecule has 0 bridgehead atoms. The highest BCUT2D eigenvalue weighted by Crippen LogP contribution is 2.19. The van der Waals surface area contributed by atoms with Crippen LogP contribution in [0.2, 0.25) is 0 Å². The maximum atomic E-state index is 13.0. The first-order chi connectivity index (χ1) is 10.2. The van der Waals surface area contributed by atoms with Crippen LogP contribution in [0.5, 0.6) is 0 Å². The van der Waals surface area contributed by atoms with Crippen LogP contribution in [0.15, 0.2) is 24.3 Å². The Hall–Kier alpha value is -1.50. The molecule has 5 nitrogen and oxygen atoms in total. The quantitative estimate of drug-likeness (QED) is 0.802. The van der Waals surface area contributed by atoms with Crippen LogP contribution in [0.25, 0.3) is 0 Å². The molecule has 0 aliphatic carbocycles. The second kappa shape index (κ2) is 7.49. The lowest BCUT2D eigenvalue weighted by Gasteiger charge is -2.36. The molecule has 1 fully saturated rings. The van der Waals surface area contributed by atoms with Crippen molar-refractivity contribution in [3.05, 3.63) is 35.6 Å². The Labute approximate surface area is 124 Å². The van der Waals surface area contributed by atoms with E-state index in [0.717, 1.165) is 18.7 Å². The molecule has 1 aliphatic heterocycles. The second-order valence-electron chi connectivity index (χ2n) is 5.23. The molecule has 116 valence electrons. The summed E-state index contributed by atoms with van der Waals surface area (Å²) in [6.45, 7) is 3.77. The highest BCUT2D eigenvalue weighted by molar-refractivity contribution is 5.84. The van der Waals surface area contributed by atoms with Gasteiger partial charge in [0.25, 0.3) is 0 Å². The van der Waals surface area contributed by atoms with E-state index >= 15 is 0 Å². The van der Waals surface area contributed by atoms with Crippen LogP contribution in [-0.2, 0) is 4.79 Å². The minimum Gasteiger partial charge on any atom is -0.395 e. The van der Waals surface area contributed by atoms with Crippen LogP contribution in [0, 0.1) is 5.82 Å². The van der Waals surface area contributed by atoms with Crippen LogP contribution in [0.3, 0.4) is 0 Å². The van der Waals surface area contributed by atoms with E-state index in [0.29, 0.717) is 19.6 Å². The number of β-amino-alcohol motifs (C(OH)–C–C–N with tert-alkyl or cyclic N) is 1. The third-order valence-corrected chi connectivity index (χ3v) is 3.91. The largest absolute Gasteiger partial charge is 0.395 e. The zero-order valence-electron chi connectivity index (χ0n) is 12.0. The summed E-state index contributed by atoms with van der Waals surface area (Å²) in [7, 11) is 0. The van der Waals surface area contributed by atoms with Gasteiger partial charge < -0.3 is 15.7 Å². The molecule has 2 rings (SSSR count). The fourth-order valence-corrected chi connectivity index (χ4v) is 2.63. The summed E-state index contributed by atoms with van der Waals surface area (Å²) in [5.74, 6) is -0.748. The highest BCUT2D eigenvalue weighted by atomic mass is 19.1. The monoisotopic (exact) mass is 295 g/mol. The van der Waals surface area contributed by atoms with Crippen molar-refractivity contribution in [3.63, 3.8) is 0 Å². The number of nitrogens with zero attached hydrogens (tertiary/aromatic N) is 2. The van der Waals surface area contributed by atoms with Crippen molar-refractivity contribution in [2.75, 3.05) is 45.9 Å². The number of aliphatic hydroxyl groups is 1. The molecular formula is C15H22FN3O2. The van der Waals surface area contributed by atoms with Crippen molar-refractivity contribution in [3.8, 4) is 0 Å². The molecule has 1 atom stereocenters. The zero-order chi connectivity index (χ0) is 15.2. The van der Waals surface area contributed by atoms with Gasteiger partial charge >= 0.3 is 0 Å². The molecule has 1 amide bonds. The topological polar surface area (TPSA) is 69.8 Å². The van der Waals surface area contributed by atoms with Gasteiger partial charge in [0.15, 0.2) is 0 Å². The van der Waals surface area contributed by atoms with E-state index in [1.165, 1.54) is 12.1 Å². The molecule has 6 heteroatoms. The molecule has 1 aromatic rings. The maximum absolute atomic E-state index is 13.0. The van der Waals surface area contributed by atoms with Gasteiger partial charge in [-0.05, 0) is 17.7 Å². The van der Waals surface area contributed by atoms with E-state index in [1.807, 2.05) is 0 Å². The van der Waals surface area contributed by atoms with Crippen LogP contribution in [0.1, 0.15) is 11.5 Å². The molecule has 1 saturated heterocycles. The summed E-state index contributed by atoms with van der Waals surface area (Å²) in [6, 6.07) is 5.94. The Bertz CT molecular complexity index is 458. The molecule has 1 aromatic carbocycles. The number of aliphatic hydroxyl groups excluding tert-OH is 1. The summed E-state index contributed by atoms with van der Waals surface area (Å²) in [4.78, 5) is 16.5. The lowest BCUT2D eigenvalue weighted by Crippen LogP contribution is -2.51. The second-order valence-corrected chi connectivity index (χ2v) is 5.23. The third kappa shape index (κ3) is 4.00. The average Bonchev–Trinajstić information content (AvgIpc) is 2.51. The number of hydrogen-bond donors (Lipinski definition) is 2. The molecule has 0 saturated carbocycles. The van der Waals surface area contributed by atoms with Gasteiger partial charge in [-0.2, -0.15) is 0 Å². The summed E-state index contributed by atoms with van der Waals surface area (Å²) >= 11 is 0. The van der Waals surface area contributed by atoms with Crippen LogP contribution < -0.4 is 5.73 Å². The van der Waals surface area contributed by atoms with E-state index in [-0.39, 0.29) is 24.9 Å². The molecular weight excluding hydrogens is 273 g/mol. The Balaban J connectivity index is 1.99. The first-order valence-corrected chi connectivity index (χ1v) is 7.23. The number of amides is 1. The van der Waals surface area contributed by atoms with Crippen LogP contribution in [-0.4, -0.2) is 66.7 Å². The molecule has 1 heterocycles. The van der Waals surface area contributed by atoms with Crippen molar-refractivity contribution in [1.29, 1.82) is 0 Å². The molecule has 21 heavy (non-hydrogen) atoms. The lowest BCUT2D eigenvalue weighted by molar-refractivity contribution is -0.134. The number of halogens is 1. The van der Waals surface area contributed by atoms with E-state index in [2.05, 4.69) is 4.90 Å². The SMILES string of the molecule is NCC(C(=O)N1CCN(CCO)CC1)c1ccc(F)cc1. The molecule has 3 N–H and O–H groups in total. The van der Waals surface area contributed by atoms with Crippen LogP contribution in [0.4, 0.5) is 4.39 Å². The van der Waals surface area contributed by atoms with Crippen molar-refractivity contribution in [2.45, 2.75) is 5.92 Å². The Morgan fingerprint density at radius 2 is 1.86 bits per heavy atom. The van der Waals surface area contributed by atoms with Gasteiger partial charge in [-0.25, -0.2) is 4.39 Å². The summed E-state index contributed by atoms with van der Waals surface area (Å²) in [5, 5.41) is 8.92. The first-order valence-electron chi connectivity index (χ1n) is 7.23. The molecule has 1 aliphatic rings. The van der Waals surface area contributed by atoms with Gasteiger partial charge in [-0.15, -0.1) is 0 Å². The van der Waals surface area contributed by atoms with Gasteiger partial charge in [0, 0.05) is 39.3 Å². The average molecular weight is 295 g/mol. The normalized spacial score (nSPS) is 17.8. The fourth-order valence-electron chi connectivity index (χ4n) is 2.63. The van der Waals surface area contributed by atoms with E-state index < -0.39 is 5.92 Å². The molecule has 0 spiro atoms. The van der Waals surface area contributed by atoms with Gasteiger partial charge in [0.05, 0.1) is 12.5 Å². The number of nitrogens with two attached hydrogens (primary N) is 1. The first kappa shape index (κ1) is 15.9. The highest BCUT2D eigenvalue weighted by Gasteiger charge is 2.27. The Morgan fingerprint density at radius 3 is 2.38 bits per heavy atom. The van der Waals surface area contributed by atoms with Crippen molar-refractivity contribution in [2.24, 2.45) is 5.73 Å². The summed E-state index contributed by atoms with van der Waals surface area (Å²) in [5.41, 5.74) is 6.49. The van der Waals surface area contributed by atoms with Gasteiger partial charge in [-0.3, -0.25) is 9.69 Å². The minimum atomic E-state index is -0.421. The maximum Gasteiger partial charge on any atom is 0.231 e. The minimum absolute atomic E-state index is 0.00671. The van der Waals surface area contributed by atoms with Gasteiger partial charge in [0.1, 0.15) is 5.82 Å². The van der Waals surface area contributed by atoms with E-state index in [9.17, 15) is 9.18 Å². The third-order valence-electron chi connectivity index (χ3n) is 3.91. The number of piperazine rings is 1. The van der Waals surface area contributed by atoms with E-state index in [1.54, 1.807) is 17.0 Å². The summed E-state index contributed by atoms with van der Waals surface area (Å²) in [6.07, 6.45) is 0. The Kier molecular flexibility index (Phi) is 5.67. The van der Waals surface area contributed by atoms with Gasteiger partial charge in [0.2, 0.25) is 5.91 Å². The fraction of sp³-hybridized carbons (Fsp3) is 0.533. The molecule has 0 radical (unpaired) electrons.